The van der Waals surface area contributed by atoms with Gasteiger partial charge < -0.3 is 13.9 Å². The maximum Gasteiger partial charge on any atom is 0.231 e. The van der Waals surface area contributed by atoms with Gasteiger partial charge in [-0.2, -0.15) is 0 Å². The molecule has 2 heterocycles. The number of fused-ring (bicyclic) bond motifs is 1. The van der Waals surface area contributed by atoms with E-state index in [1.54, 1.807) is 24.3 Å². The van der Waals surface area contributed by atoms with Crippen molar-refractivity contribution in [3.05, 3.63) is 47.9 Å². The quantitative estimate of drug-likeness (QED) is 0.622. The summed E-state index contributed by atoms with van der Waals surface area (Å²) in [6, 6.07) is 8.01. The molecule has 1 aliphatic heterocycles. The highest BCUT2D eigenvalue weighted by Crippen LogP contribution is 2.32. The predicted molar refractivity (Wildman–Crippen MR) is 64.6 cm³/mol. The number of carbonyl (C=O) groups excluding carboxylic acids is 2. The minimum atomic E-state index is -0.340. The lowest BCUT2D eigenvalue weighted by atomic mass is 10.0. The van der Waals surface area contributed by atoms with Crippen LogP contribution in [0.15, 0.2) is 41.0 Å². The van der Waals surface area contributed by atoms with Crippen LogP contribution in [-0.2, 0) is 0 Å². The van der Waals surface area contributed by atoms with E-state index in [0.29, 0.717) is 17.1 Å². The monoisotopic (exact) mass is 258 g/mol. The molecule has 5 nitrogen and oxygen atoms in total. The molecule has 0 spiro atoms. The standard InChI is InChI=1S/C14H10O5/c15-10(7-11(16)12-2-1-5-17-12)9-3-4-13-14(6-9)19-8-18-13/h1-6H,7-8H2. The first-order valence-electron chi connectivity index (χ1n) is 5.73. The van der Waals surface area contributed by atoms with Crippen molar-refractivity contribution >= 4 is 11.6 Å². The van der Waals surface area contributed by atoms with E-state index in [4.69, 9.17) is 13.9 Å². The first-order chi connectivity index (χ1) is 9.24. The molecule has 96 valence electrons. The normalized spacial score (nSPS) is 12.4. The minimum absolute atomic E-state index is 0.151. The van der Waals surface area contributed by atoms with Gasteiger partial charge in [0, 0.05) is 5.56 Å². The summed E-state index contributed by atoms with van der Waals surface area (Å²) in [5.74, 6) is 0.701. The Morgan fingerprint density at radius 3 is 2.68 bits per heavy atom. The van der Waals surface area contributed by atoms with Gasteiger partial charge in [0.05, 0.1) is 12.7 Å². The Bertz CT molecular complexity index is 627. The molecule has 0 fully saturated rings. The van der Waals surface area contributed by atoms with Gasteiger partial charge >= 0.3 is 0 Å². The zero-order valence-electron chi connectivity index (χ0n) is 9.92. The second kappa shape index (κ2) is 4.61. The Kier molecular flexibility index (Phi) is 2.79. The third kappa shape index (κ3) is 2.22. The molecule has 3 rings (SSSR count). The smallest absolute Gasteiger partial charge is 0.231 e. The van der Waals surface area contributed by atoms with Crippen LogP contribution in [0.1, 0.15) is 27.3 Å². The second-order valence-corrected chi connectivity index (χ2v) is 4.07. The average Bonchev–Trinajstić information content (AvgIpc) is 3.09. The fourth-order valence-corrected chi connectivity index (χ4v) is 1.84. The van der Waals surface area contributed by atoms with E-state index in [9.17, 15) is 9.59 Å². The van der Waals surface area contributed by atoms with Gasteiger partial charge in [0.25, 0.3) is 0 Å². The third-order valence-electron chi connectivity index (χ3n) is 2.81. The van der Waals surface area contributed by atoms with Crippen LogP contribution in [0.4, 0.5) is 0 Å². The Morgan fingerprint density at radius 2 is 1.89 bits per heavy atom. The largest absolute Gasteiger partial charge is 0.461 e. The van der Waals surface area contributed by atoms with Crippen molar-refractivity contribution in [2.24, 2.45) is 0 Å². The first kappa shape index (κ1) is 11.5. The van der Waals surface area contributed by atoms with Crippen LogP contribution in [0.5, 0.6) is 11.5 Å². The molecule has 0 saturated carbocycles. The van der Waals surface area contributed by atoms with E-state index in [2.05, 4.69) is 0 Å². The van der Waals surface area contributed by atoms with Gasteiger partial charge in [0.15, 0.2) is 23.0 Å². The summed E-state index contributed by atoms with van der Waals surface area (Å²) in [6.45, 7) is 0.151. The van der Waals surface area contributed by atoms with E-state index < -0.39 is 0 Å². The van der Waals surface area contributed by atoms with Crippen LogP contribution in [-0.4, -0.2) is 18.4 Å². The number of furan rings is 1. The molecule has 0 unspecified atom stereocenters. The van der Waals surface area contributed by atoms with Crippen molar-refractivity contribution in [3.63, 3.8) is 0 Å². The van der Waals surface area contributed by atoms with E-state index in [0.717, 1.165) is 0 Å². The Morgan fingerprint density at radius 1 is 1.05 bits per heavy atom. The van der Waals surface area contributed by atoms with Crippen LogP contribution < -0.4 is 9.47 Å². The van der Waals surface area contributed by atoms with Gasteiger partial charge in [-0.25, -0.2) is 0 Å². The molecule has 0 amide bonds. The summed E-state index contributed by atoms with van der Waals surface area (Å²) in [6.07, 6.45) is 1.17. The Balaban J connectivity index is 1.76. The SMILES string of the molecule is O=C(CC(=O)c1ccco1)c1ccc2c(c1)OCO2. The molecule has 0 aliphatic carbocycles. The number of ketones is 2. The summed E-state index contributed by atoms with van der Waals surface area (Å²) < 4.78 is 15.3. The van der Waals surface area contributed by atoms with Gasteiger partial charge in [-0.3, -0.25) is 9.59 Å². The second-order valence-electron chi connectivity index (χ2n) is 4.07. The molecule has 0 atom stereocenters. The molecule has 1 aromatic carbocycles. The number of rotatable bonds is 4. The van der Waals surface area contributed by atoms with E-state index in [1.807, 2.05) is 0 Å². The molecule has 1 aromatic heterocycles. The van der Waals surface area contributed by atoms with Crippen LogP contribution in [0.3, 0.4) is 0 Å². The molecule has 0 bridgehead atoms. The highest BCUT2D eigenvalue weighted by Gasteiger charge is 2.19. The molecule has 0 radical (unpaired) electrons. The predicted octanol–water partition coefficient (Wildman–Crippen LogP) is 2.46. The van der Waals surface area contributed by atoms with Crippen molar-refractivity contribution < 1.29 is 23.5 Å². The minimum Gasteiger partial charge on any atom is -0.461 e. The summed E-state index contributed by atoms with van der Waals surface area (Å²) in [7, 11) is 0. The first-order valence-corrected chi connectivity index (χ1v) is 5.73. The molecule has 2 aromatic rings. The summed E-state index contributed by atoms with van der Waals surface area (Å²) >= 11 is 0. The van der Waals surface area contributed by atoms with Crippen molar-refractivity contribution in [1.82, 2.24) is 0 Å². The van der Waals surface area contributed by atoms with Crippen LogP contribution in [0.25, 0.3) is 0 Å². The van der Waals surface area contributed by atoms with E-state index >= 15 is 0 Å². The van der Waals surface area contributed by atoms with Crippen molar-refractivity contribution in [1.29, 1.82) is 0 Å². The van der Waals surface area contributed by atoms with Crippen molar-refractivity contribution in [3.8, 4) is 11.5 Å². The topological polar surface area (TPSA) is 65.7 Å². The summed E-state index contributed by atoms with van der Waals surface area (Å²) in [5.41, 5.74) is 0.421. The third-order valence-corrected chi connectivity index (χ3v) is 2.81. The molecular weight excluding hydrogens is 248 g/mol. The number of hydrogen-bond donors (Lipinski definition) is 0. The lowest BCUT2D eigenvalue weighted by Crippen LogP contribution is -2.07. The zero-order valence-corrected chi connectivity index (χ0v) is 9.92. The highest BCUT2D eigenvalue weighted by molar-refractivity contribution is 6.12. The van der Waals surface area contributed by atoms with Gasteiger partial charge in [0.1, 0.15) is 0 Å². The number of hydrogen-bond acceptors (Lipinski definition) is 5. The molecule has 5 heteroatoms. The molecule has 0 saturated heterocycles. The molecule has 1 aliphatic rings. The molecular formula is C14H10O5. The van der Waals surface area contributed by atoms with Crippen molar-refractivity contribution in [2.75, 3.05) is 6.79 Å². The van der Waals surface area contributed by atoms with Gasteiger partial charge in [-0.05, 0) is 30.3 Å². The fraction of sp³-hybridized carbons (Fsp3) is 0.143. The lowest BCUT2D eigenvalue weighted by molar-refractivity contribution is 0.0878. The van der Waals surface area contributed by atoms with Crippen molar-refractivity contribution in [2.45, 2.75) is 6.42 Å². The van der Waals surface area contributed by atoms with E-state index in [1.165, 1.54) is 12.3 Å². The maximum atomic E-state index is 12.0. The number of carbonyl (C=O) groups is 2. The lowest BCUT2D eigenvalue weighted by Gasteiger charge is -2.01. The highest BCUT2D eigenvalue weighted by atomic mass is 16.7. The molecule has 19 heavy (non-hydrogen) atoms. The number of ether oxygens (including phenoxy) is 2. The zero-order chi connectivity index (χ0) is 13.2. The van der Waals surface area contributed by atoms with Gasteiger partial charge in [-0.15, -0.1) is 0 Å². The summed E-state index contributed by atoms with van der Waals surface area (Å²) in [4.78, 5) is 23.7. The van der Waals surface area contributed by atoms with Crippen LogP contribution in [0.2, 0.25) is 0 Å². The van der Waals surface area contributed by atoms with Gasteiger partial charge in [-0.1, -0.05) is 0 Å². The summed E-state index contributed by atoms with van der Waals surface area (Å²) in [5, 5.41) is 0. The van der Waals surface area contributed by atoms with Crippen LogP contribution in [0, 0.1) is 0 Å². The van der Waals surface area contributed by atoms with Gasteiger partial charge in [0.2, 0.25) is 12.6 Å². The Hall–Kier alpha value is -2.56. The van der Waals surface area contributed by atoms with Crippen LogP contribution >= 0.6 is 0 Å². The van der Waals surface area contributed by atoms with E-state index in [-0.39, 0.29) is 30.5 Å². The molecule has 0 N–H and O–H groups in total. The average molecular weight is 258 g/mol. The Labute approximate surface area is 108 Å². The number of Topliss-reactive ketones (excluding diaryl/α,β-unsaturated/α-hetero) is 2. The maximum absolute atomic E-state index is 12.0. The number of benzene rings is 1. The fourth-order valence-electron chi connectivity index (χ4n) is 1.84.